The van der Waals surface area contributed by atoms with Crippen LogP contribution in [0, 0.1) is 5.82 Å². The van der Waals surface area contributed by atoms with Gasteiger partial charge in [-0.15, -0.1) is 0 Å². The van der Waals surface area contributed by atoms with Crippen molar-refractivity contribution in [3.63, 3.8) is 0 Å². The zero-order chi connectivity index (χ0) is 13.0. The number of hydrazine groups is 1. The molecule has 1 heterocycles. The van der Waals surface area contributed by atoms with E-state index < -0.39 is 5.82 Å². The van der Waals surface area contributed by atoms with Gasteiger partial charge in [-0.3, -0.25) is 11.3 Å². The molecule has 0 amide bonds. The lowest BCUT2D eigenvalue weighted by molar-refractivity contribution is 0.386. The molecule has 1 atom stereocenters. The highest BCUT2D eigenvalue weighted by Crippen LogP contribution is 2.21. The van der Waals surface area contributed by atoms with Gasteiger partial charge < -0.3 is 4.74 Å². The van der Waals surface area contributed by atoms with Crippen LogP contribution in [0.2, 0.25) is 0 Å². The average molecular weight is 251 g/mol. The lowest BCUT2D eigenvalue weighted by Crippen LogP contribution is -2.29. The normalized spacial score (nSPS) is 12.4. The van der Waals surface area contributed by atoms with Crippen LogP contribution in [0.3, 0.4) is 0 Å². The van der Waals surface area contributed by atoms with E-state index in [1.54, 1.807) is 18.3 Å². The Morgan fingerprint density at radius 3 is 2.94 bits per heavy atom. The number of H-pyrrole nitrogens is 1. The van der Waals surface area contributed by atoms with Gasteiger partial charge >= 0.3 is 0 Å². The monoisotopic (exact) mass is 251 g/mol. The van der Waals surface area contributed by atoms with E-state index in [4.69, 9.17) is 10.6 Å². The number of nitrogens with zero attached hydrogens (tertiary/aromatic N) is 2. The highest BCUT2D eigenvalue weighted by molar-refractivity contribution is 5.30. The van der Waals surface area contributed by atoms with Gasteiger partial charge in [0.25, 0.3) is 0 Å². The number of nitrogens with one attached hydrogen (secondary N) is 2. The third-order valence-electron chi connectivity index (χ3n) is 2.65. The van der Waals surface area contributed by atoms with Crippen molar-refractivity contribution in [1.29, 1.82) is 0 Å². The molecule has 18 heavy (non-hydrogen) atoms. The van der Waals surface area contributed by atoms with Gasteiger partial charge in [0.1, 0.15) is 5.69 Å². The molecule has 1 aromatic carbocycles. The van der Waals surface area contributed by atoms with Crippen LogP contribution in [0.4, 0.5) is 4.39 Å². The largest absolute Gasteiger partial charge is 0.494 e. The van der Waals surface area contributed by atoms with Crippen molar-refractivity contribution in [3.05, 3.63) is 41.5 Å². The van der Waals surface area contributed by atoms with Gasteiger partial charge in [0.15, 0.2) is 11.6 Å². The van der Waals surface area contributed by atoms with Crippen molar-refractivity contribution >= 4 is 0 Å². The average Bonchev–Trinajstić information content (AvgIpc) is 2.90. The molecule has 0 saturated carbocycles. The number of halogens is 1. The summed E-state index contributed by atoms with van der Waals surface area (Å²) < 4.78 is 18.4. The van der Waals surface area contributed by atoms with Gasteiger partial charge in [0.2, 0.25) is 0 Å². The summed E-state index contributed by atoms with van der Waals surface area (Å²) in [5.41, 5.74) is 4.09. The molecule has 0 aliphatic rings. The number of rotatable bonds is 5. The highest BCUT2D eigenvalue weighted by atomic mass is 19.1. The van der Waals surface area contributed by atoms with Crippen molar-refractivity contribution in [1.82, 2.24) is 20.8 Å². The number of ether oxygens (including phenoxy) is 1. The molecular formula is C11H14FN5O. The number of methoxy groups -OCH3 is 1. The predicted octanol–water partition coefficient (Wildman–Crippen LogP) is 0.700. The summed E-state index contributed by atoms with van der Waals surface area (Å²) in [6.07, 6.45) is 2.08. The highest BCUT2D eigenvalue weighted by Gasteiger charge is 2.14. The van der Waals surface area contributed by atoms with E-state index in [0.717, 1.165) is 5.56 Å². The van der Waals surface area contributed by atoms with Crippen molar-refractivity contribution in [2.45, 2.75) is 12.5 Å². The standard InChI is InChI=1S/C11H14FN5O/c1-18-11-3-2-7(4-8(11)12)5-9(15-13)10-6-14-17-16-10/h2-4,6,9,15H,5,13H2,1H3,(H,14,16,17). The van der Waals surface area contributed by atoms with E-state index in [1.165, 1.54) is 13.2 Å². The third-order valence-corrected chi connectivity index (χ3v) is 2.65. The molecule has 6 nitrogen and oxygen atoms in total. The summed E-state index contributed by atoms with van der Waals surface area (Å²) in [7, 11) is 1.43. The van der Waals surface area contributed by atoms with E-state index in [9.17, 15) is 4.39 Å². The van der Waals surface area contributed by atoms with Crippen molar-refractivity contribution in [3.8, 4) is 5.75 Å². The topological polar surface area (TPSA) is 88.9 Å². The second kappa shape index (κ2) is 5.56. The molecule has 1 aromatic heterocycles. The van der Waals surface area contributed by atoms with Gasteiger partial charge in [0.05, 0.1) is 19.3 Å². The van der Waals surface area contributed by atoms with E-state index in [1.807, 2.05) is 0 Å². The summed E-state index contributed by atoms with van der Waals surface area (Å²) in [5.74, 6) is 5.28. The second-order valence-electron chi connectivity index (χ2n) is 3.79. The van der Waals surface area contributed by atoms with Crippen molar-refractivity contribution in [2.75, 3.05) is 7.11 Å². The molecule has 0 aliphatic heterocycles. The Hall–Kier alpha value is -1.99. The molecule has 0 bridgehead atoms. The van der Waals surface area contributed by atoms with Gasteiger partial charge in [-0.05, 0) is 24.1 Å². The van der Waals surface area contributed by atoms with E-state index >= 15 is 0 Å². The van der Waals surface area contributed by atoms with E-state index in [2.05, 4.69) is 20.8 Å². The predicted molar refractivity (Wildman–Crippen MR) is 63.1 cm³/mol. The fourth-order valence-electron chi connectivity index (χ4n) is 1.70. The summed E-state index contributed by atoms with van der Waals surface area (Å²) in [6, 6.07) is 4.56. The fourth-order valence-corrected chi connectivity index (χ4v) is 1.70. The molecule has 0 aliphatic carbocycles. The Bertz CT molecular complexity index is 502. The van der Waals surface area contributed by atoms with E-state index in [-0.39, 0.29) is 11.8 Å². The Kier molecular flexibility index (Phi) is 3.85. The first-order valence-electron chi connectivity index (χ1n) is 5.38. The quantitative estimate of drug-likeness (QED) is 0.537. The number of benzene rings is 1. The lowest BCUT2D eigenvalue weighted by atomic mass is 10.0. The molecular weight excluding hydrogens is 237 g/mol. The summed E-state index contributed by atoms with van der Waals surface area (Å²) >= 11 is 0. The number of hydrogen-bond acceptors (Lipinski definition) is 5. The zero-order valence-corrected chi connectivity index (χ0v) is 9.85. The molecule has 7 heteroatoms. The first-order valence-corrected chi connectivity index (χ1v) is 5.38. The molecule has 4 N–H and O–H groups in total. The molecule has 2 aromatic rings. The maximum atomic E-state index is 13.5. The smallest absolute Gasteiger partial charge is 0.165 e. The Morgan fingerprint density at radius 2 is 2.39 bits per heavy atom. The summed E-state index contributed by atoms with van der Waals surface area (Å²) in [5, 5.41) is 10.2. The molecule has 96 valence electrons. The van der Waals surface area contributed by atoms with Crippen LogP contribution in [0.5, 0.6) is 5.75 Å². The van der Waals surface area contributed by atoms with Crippen LogP contribution >= 0.6 is 0 Å². The minimum absolute atomic E-state index is 0.220. The Morgan fingerprint density at radius 1 is 1.56 bits per heavy atom. The van der Waals surface area contributed by atoms with Gasteiger partial charge in [-0.2, -0.15) is 15.4 Å². The molecule has 1 unspecified atom stereocenters. The first-order chi connectivity index (χ1) is 8.74. The van der Waals surface area contributed by atoms with Crippen LogP contribution in [-0.4, -0.2) is 22.5 Å². The zero-order valence-electron chi connectivity index (χ0n) is 9.85. The van der Waals surface area contributed by atoms with Gasteiger partial charge in [0, 0.05) is 0 Å². The molecule has 0 saturated heterocycles. The van der Waals surface area contributed by atoms with Crippen LogP contribution in [0.25, 0.3) is 0 Å². The number of aromatic nitrogens is 3. The summed E-state index contributed by atoms with van der Waals surface area (Å²) in [6.45, 7) is 0. The minimum Gasteiger partial charge on any atom is -0.494 e. The van der Waals surface area contributed by atoms with Gasteiger partial charge in [-0.25, -0.2) is 4.39 Å². The number of nitrogens with two attached hydrogens (primary N) is 1. The molecule has 2 rings (SSSR count). The van der Waals surface area contributed by atoms with Gasteiger partial charge in [-0.1, -0.05) is 6.07 Å². The lowest BCUT2D eigenvalue weighted by Gasteiger charge is -2.13. The van der Waals surface area contributed by atoms with E-state index in [0.29, 0.717) is 12.1 Å². The minimum atomic E-state index is -0.397. The van der Waals surface area contributed by atoms with Crippen LogP contribution in [-0.2, 0) is 6.42 Å². The third kappa shape index (κ3) is 2.63. The molecule has 0 radical (unpaired) electrons. The second-order valence-corrected chi connectivity index (χ2v) is 3.79. The Labute approximate surface area is 103 Å². The van der Waals surface area contributed by atoms with Crippen LogP contribution < -0.4 is 16.0 Å². The molecule has 0 fully saturated rings. The van der Waals surface area contributed by atoms with Crippen molar-refractivity contribution < 1.29 is 9.13 Å². The maximum absolute atomic E-state index is 13.5. The SMILES string of the molecule is COc1ccc(CC(NN)c2cn[nH]n2)cc1F. The number of aromatic amines is 1. The van der Waals surface area contributed by atoms with Crippen molar-refractivity contribution in [2.24, 2.45) is 5.84 Å². The summed E-state index contributed by atoms with van der Waals surface area (Å²) in [4.78, 5) is 0. The molecule has 0 spiro atoms. The number of hydrogen-bond donors (Lipinski definition) is 3. The van der Waals surface area contributed by atoms with Crippen LogP contribution in [0.15, 0.2) is 24.4 Å². The Balaban J connectivity index is 2.15. The first kappa shape index (κ1) is 12.5. The van der Waals surface area contributed by atoms with Crippen LogP contribution in [0.1, 0.15) is 17.3 Å². The fraction of sp³-hybridized carbons (Fsp3) is 0.273. The maximum Gasteiger partial charge on any atom is 0.165 e.